The summed E-state index contributed by atoms with van der Waals surface area (Å²) in [4.78, 5) is 9.40. The number of thiocarbonyl (C=S) groups is 1. The standard InChI is InChI=1S/C27H32FN5OS/c1-19-18-21(20(2)33(19)24-10-4-3-8-22(24)28)26-25(23-9-5-6-11-29-23)30-27(35)32(26)13-7-12-31-14-16-34-17-15-31/h3-6,8-11,18,25-26H,7,12-17H2,1-2H3,(H,30,35)/t25-,26+/m0/s1. The predicted octanol–water partition coefficient (Wildman–Crippen LogP) is 4.32. The zero-order chi connectivity index (χ0) is 24.4. The van der Waals surface area contributed by atoms with Crippen molar-refractivity contribution >= 4 is 17.3 Å². The zero-order valence-corrected chi connectivity index (χ0v) is 21.1. The van der Waals surface area contributed by atoms with Gasteiger partial charge in [-0.2, -0.15) is 0 Å². The first-order valence-electron chi connectivity index (χ1n) is 12.3. The molecule has 3 aromatic rings. The lowest BCUT2D eigenvalue weighted by Crippen LogP contribution is -2.39. The van der Waals surface area contributed by atoms with Gasteiger partial charge in [0.15, 0.2) is 5.11 Å². The fourth-order valence-corrected chi connectivity index (χ4v) is 5.70. The molecule has 2 saturated heterocycles. The lowest BCUT2D eigenvalue weighted by Gasteiger charge is -2.30. The molecule has 2 atom stereocenters. The van der Waals surface area contributed by atoms with Crippen molar-refractivity contribution in [3.05, 3.63) is 83.2 Å². The number of ether oxygens (including phenoxy) is 1. The molecule has 35 heavy (non-hydrogen) atoms. The highest BCUT2D eigenvalue weighted by Crippen LogP contribution is 2.41. The van der Waals surface area contributed by atoms with Crippen molar-refractivity contribution in [3.8, 4) is 5.69 Å². The van der Waals surface area contributed by atoms with Crippen molar-refractivity contribution in [2.75, 3.05) is 39.4 Å². The summed E-state index contributed by atoms with van der Waals surface area (Å²) in [5.41, 5.74) is 4.67. The Labute approximate surface area is 211 Å². The normalized spacial score (nSPS) is 20.9. The zero-order valence-electron chi connectivity index (χ0n) is 20.3. The van der Waals surface area contributed by atoms with Crippen LogP contribution in [0.2, 0.25) is 0 Å². The minimum absolute atomic E-state index is 0.0335. The van der Waals surface area contributed by atoms with Crippen LogP contribution in [0.25, 0.3) is 5.69 Å². The molecule has 0 radical (unpaired) electrons. The predicted molar refractivity (Wildman–Crippen MR) is 139 cm³/mol. The fraction of sp³-hybridized carbons (Fsp3) is 0.407. The van der Waals surface area contributed by atoms with Crippen LogP contribution in [0.5, 0.6) is 0 Å². The summed E-state index contributed by atoms with van der Waals surface area (Å²) in [6.45, 7) is 9.50. The van der Waals surface area contributed by atoms with Gasteiger partial charge in [0.2, 0.25) is 0 Å². The van der Waals surface area contributed by atoms with Gasteiger partial charge in [0.1, 0.15) is 5.82 Å². The van der Waals surface area contributed by atoms with E-state index >= 15 is 0 Å². The molecule has 0 bridgehead atoms. The second kappa shape index (κ2) is 10.4. The van der Waals surface area contributed by atoms with E-state index in [1.165, 1.54) is 6.07 Å². The van der Waals surface area contributed by atoms with Crippen molar-refractivity contribution in [3.63, 3.8) is 0 Å². The number of rotatable bonds is 7. The molecular formula is C27H32FN5OS. The van der Waals surface area contributed by atoms with Gasteiger partial charge in [-0.15, -0.1) is 0 Å². The molecule has 0 saturated carbocycles. The van der Waals surface area contributed by atoms with Crippen LogP contribution in [-0.2, 0) is 4.74 Å². The lowest BCUT2D eigenvalue weighted by molar-refractivity contribution is 0.0365. The Balaban J connectivity index is 1.48. The summed E-state index contributed by atoms with van der Waals surface area (Å²) in [7, 11) is 0. The molecule has 5 rings (SSSR count). The number of halogens is 1. The molecular weight excluding hydrogens is 461 g/mol. The van der Waals surface area contributed by atoms with Gasteiger partial charge in [0.05, 0.1) is 36.7 Å². The number of benzene rings is 1. The molecule has 4 heterocycles. The average Bonchev–Trinajstić information content (AvgIpc) is 3.35. The van der Waals surface area contributed by atoms with Crippen molar-refractivity contribution in [1.82, 2.24) is 24.7 Å². The van der Waals surface area contributed by atoms with Gasteiger partial charge in [-0.05, 0) is 68.4 Å². The summed E-state index contributed by atoms with van der Waals surface area (Å²) < 4.78 is 22.3. The quantitative estimate of drug-likeness (QED) is 0.495. The number of aryl methyl sites for hydroxylation is 1. The van der Waals surface area contributed by atoms with Crippen LogP contribution in [0.4, 0.5) is 4.39 Å². The molecule has 2 aromatic heterocycles. The van der Waals surface area contributed by atoms with Crippen molar-refractivity contribution in [1.29, 1.82) is 0 Å². The molecule has 1 aromatic carbocycles. The number of hydrogen-bond donors (Lipinski definition) is 1. The summed E-state index contributed by atoms with van der Waals surface area (Å²) in [5, 5.41) is 4.28. The molecule has 6 nitrogen and oxygen atoms in total. The Morgan fingerprint density at radius 1 is 1.09 bits per heavy atom. The highest BCUT2D eigenvalue weighted by atomic mass is 32.1. The maximum absolute atomic E-state index is 14.8. The molecule has 2 aliphatic rings. The summed E-state index contributed by atoms with van der Waals surface area (Å²) in [6.07, 6.45) is 2.82. The minimum atomic E-state index is -0.232. The highest BCUT2D eigenvalue weighted by molar-refractivity contribution is 7.80. The average molecular weight is 494 g/mol. The molecule has 2 fully saturated rings. The molecule has 0 aliphatic carbocycles. The number of aromatic nitrogens is 2. The number of morpholine rings is 1. The third kappa shape index (κ3) is 4.83. The van der Waals surface area contributed by atoms with Crippen molar-refractivity contribution in [2.45, 2.75) is 32.4 Å². The Kier molecular flexibility index (Phi) is 7.13. The van der Waals surface area contributed by atoms with E-state index in [-0.39, 0.29) is 17.9 Å². The molecule has 2 aliphatic heterocycles. The molecule has 0 spiro atoms. The summed E-state index contributed by atoms with van der Waals surface area (Å²) in [5.74, 6) is -0.232. The van der Waals surface area contributed by atoms with Crippen LogP contribution >= 0.6 is 12.2 Å². The lowest BCUT2D eigenvalue weighted by atomic mass is 9.96. The monoisotopic (exact) mass is 493 g/mol. The highest BCUT2D eigenvalue weighted by Gasteiger charge is 2.41. The first kappa shape index (κ1) is 23.9. The van der Waals surface area contributed by atoms with E-state index in [1.807, 2.05) is 48.0 Å². The van der Waals surface area contributed by atoms with Crippen LogP contribution < -0.4 is 5.32 Å². The summed E-state index contributed by atoms with van der Waals surface area (Å²) >= 11 is 5.85. The van der Waals surface area contributed by atoms with E-state index in [4.69, 9.17) is 17.0 Å². The van der Waals surface area contributed by atoms with Crippen LogP contribution in [0.1, 0.15) is 41.1 Å². The first-order chi connectivity index (χ1) is 17.0. The third-order valence-electron chi connectivity index (χ3n) is 7.06. The molecule has 0 unspecified atom stereocenters. The Morgan fingerprint density at radius 3 is 2.60 bits per heavy atom. The Hall–Kier alpha value is -2.81. The largest absolute Gasteiger partial charge is 0.379 e. The maximum atomic E-state index is 14.8. The Bertz CT molecular complexity index is 1180. The van der Waals surface area contributed by atoms with Crippen LogP contribution in [0, 0.1) is 19.7 Å². The molecule has 0 amide bonds. The van der Waals surface area contributed by atoms with Gasteiger partial charge in [0.25, 0.3) is 0 Å². The SMILES string of the molecule is Cc1cc([C@@H]2[C@H](c3ccccn3)NC(=S)N2CCCN2CCOCC2)c(C)n1-c1ccccc1F. The second-order valence-electron chi connectivity index (χ2n) is 9.24. The smallest absolute Gasteiger partial charge is 0.170 e. The van der Waals surface area contributed by atoms with Gasteiger partial charge in [-0.25, -0.2) is 4.39 Å². The van der Waals surface area contributed by atoms with Gasteiger partial charge in [-0.1, -0.05) is 18.2 Å². The van der Waals surface area contributed by atoms with E-state index in [9.17, 15) is 4.39 Å². The van der Waals surface area contributed by atoms with Gasteiger partial charge in [-0.3, -0.25) is 9.88 Å². The topological polar surface area (TPSA) is 45.6 Å². The molecule has 8 heteroatoms. The second-order valence-corrected chi connectivity index (χ2v) is 9.63. The van der Waals surface area contributed by atoms with Crippen molar-refractivity contribution in [2.24, 2.45) is 0 Å². The van der Waals surface area contributed by atoms with E-state index in [0.29, 0.717) is 5.69 Å². The van der Waals surface area contributed by atoms with Gasteiger partial charge in [0, 0.05) is 43.8 Å². The van der Waals surface area contributed by atoms with Crippen LogP contribution in [-0.4, -0.2) is 63.9 Å². The van der Waals surface area contributed by atoms with E-state index in [1.54, 1.807) is 6.07 Å². The fourth-order valence-electron chi connectivity index (χ4n) is 5.37. The number of nitrogens with zero attached hydrogens (tertiary/aromatic N) is 4. The van der Waals surface area contributed by atoms with Crippen LogP contribution in [0.15, 0.2) is 54.7 Å². The number of pyridine rings is 1. The Morgan fingerprint density at radius 2 is 1.86 bits per heavy atom. The molecule has 184 valence electrons. The van der Waals surface area contributed by atoms with Crippen molar-refractivity contribution < 1.29 is 9.13 Å². The summed E-state index contributed by atoms with van der Waals surface area (Å²) in [6, 6.07) is 15.0. The molecule has 1 N–H and O–H groups in total. The third-order valence-corrected chi connectivity index (χ3v) is 7.41. The van der Waals surface area contributed by atoms with E-state index < -0.39 is 0 Å². The van der Waals surface area contributed by atoms with Gasteiger partial charge < -0.3 is 19.5 Å². The number of nitrogens with one attached hydrogen (secondary N) is 1. The van der Waals surface area contributed by atoms with E-state index in [0.717, 1.165) is 73.6 Å². The van der Waals surface area contributed by atoms with E-state index in [2.05, 4.69) is 33.1 Å². The first-order valence-corrected chi connectivity index (χ1v) is 12.7. The number of hydrogen-bond acceptors (Lipinski definition) is 4. The van der Waals surface area contributed by atoms with Crippen LogP contribution in [0.3, 0.4) is 0 Å². The number of para-hydroxylation sites is 1. The van der Waals surface area contributed by atoms with Gasteiger partial charge >= 0.3 is 0 Å². The maximum Gasteiger partial charge on any atom is 0.170 e. The minimum Gasteiger partial charge on any atom is -0.379 e.